The standard InChI is InChI=1S/C19H23FN2O4S/c1-26-17-9-5-8-16(13-17)22(27(2,24)25)12-6-11-19(23)21-14-15-7-3-4-10-18(15)20/h3-5,7-10,13H,6,11-12,14H2,1-2H3,(H,21,23). The van der Waals surface area contributed by atoms with E-state index in [2.05, 4.69) is 5.32 Å². The van der Waals surface area contributed by atoms with Crippen LogP contribution in [0.1, 0.15) is 18.4 Å². The average molecular weight is 394 g/mol. The number of anilines is 1. The molecule has 0 radical (unpaired) electrons. The zero-order valence-corrected chi connectivity index (χ0v) is 16.1. The molecule has 0 aliphatic rings. The highest BCUT2D eigenvalue weighted by atomic mass is 32.2. The van der Waals surface area contributed by atoms with Gasteiger partial charge in [0.15, 0.2) is 0 Å². The minimum absolute atomic E-state index is 0.0944. The number of hydrogen-bond acceptors (Lipinski definition) is 4. The Morgan fingerprint density at radius 3 is 2.59 bits per heavy atom. The number of benzene rings is 2. The molecule has 1 amide bonds. The minimum Gasteiger partial charge on any atom is -0.497 e. The molecule has 0 saturated carbocycles. The molecule has 0 saturated heterocycles. The van der Waals surface area contributed by atoms with Crippen molar-refractivity contribution < 1.29 is 22.3 Å². The van der Waals surface area contributed by atoms with Crippen LogP contribution in [0.3, 0.4) is 0 Å². The van der Waals surface area contributed by atoms with Gasteiger partial charge in [0.25, 0.3) is 0 Å². The summed E-state index contributed by atoms with van der Waals surface area (Å²) in [4.78, 5) is 12.0. The maximum absolute atomic E-state index is 13.5. The van der Waals surface area contributed by atoms with Gasteiger partial charge in [-0.3, -0.25) is 9.10 Å². The molecular weight excluding hydrogens is 371 g/mol. The fourth-order valence-corrected chi connectivity index (χ4v) is 3.52. The smallest absolute Gasteiger partial charge is 0.232 e. The summed E-state index contributed by atoms with van der Waals surface area (Å²) in [6, 6.07) is 12.9. The minimum atomic E-state index is -3.51. The van der Waals surface area contributed by atoms with Crippen LogP contribution in [0.5, 0.6) is 5.75 Å². The van der Waals surface area contributed by atoms with Crippen LogP contribution in [-0.4, -0.2) is 34.2 Å². The summed E-state index contributed by atoms with van der Waals surface area (Å²) >= 11 is 0. The summed E-state index contributed by atoms with van der Waals surface area (Å²) < 4.78 is 44.1. The summed E-state index contributed by atoms with van der Waals surface area (Å²) in [5, 5.41) is 2.64. The lowest BCUT2D eigenvalue weighted by Crippen LogP contribution is -2.32. The molecule has 2 aromatic carbocycles. The normalized spacial score (nSPS) is 11.1. The van der Waals surface area contributed by atoms with Gasteiger partial charge in [-0.25, -0.2) is 12.8 Å². The number of ether oxygens (including phenoxy) is 1. The lowest BCUT2D eigenvalue weighted by atomic mass is 10.2. The largest absolute Gasteiger partial charge is 0.497 e. The molecule has 0 spiro atoms. The van der Waals surface area contributed by atoms with Crippen LogP contribution in [0.4, 0.5) is 10.1 Å². The van der Waals surface area contributed by atoms with Crippen molar-refractivity contribution in [2.45, 2.75) is 19.4 Å². The molecule has 8 heteroatoms. The van der Waals surface area contributed by atoms with Crippen LogP contribution in [0.15, 0.2) is 48.5 Å². The van der Waals surface area contributed by atoms with Gasteiger partial charge in [-0.05, 0) is 24.6 Å². The third-order valence-electron chi connectivity index (χ3n) is 3.94. The molecule has 2 rings (SSSR count). The van der Waals surface area contributed by atoms with Gasteiger partial charge in [-0.15, -0.1) is 0 Å². The number of hydrogen-bond donors (Lipinski definition) is 1. The van der Waals surface area contributed by atoms with Crippen molar-refractivity contribution in [2.75, 3.05) is 24.2 Å². The third-order valence-corrected chi connectivity index (χ3v) is 5.13. The van der Waals surface area contributed by atoms with Gasteiger partial charge in [0.1, 0.15) is 11.6 Å². The average Bonchev–Trinajstić information content (AvgIpc) is 2.63. The number of nitrogens with one attached hydrogen (secondary N) is 1. The fraction of sp³-hybridized carbons (Fsp3) is 0.316. The van der Waals surface area contributed by atoms with Crippen molar-refractivity contribution in [1.82, 2.24) is 5.32 Å². The summed E-state index contributed by atoms with van der Waals surface area (Å²) in [6.45, 7) is 0.246. The molecule has 0 fully saturated rings. The van der Waals surface area contributed by atoms with E-state index >= 15 is 0 Å². The van der Waals surface area contributed by atoms with Gasteiger partial charge >= 0.3 is 0 Å². The monoisotopic (exact) mass is 394 g/mol. The highest BCUT2D eigenvalue weighted by molar-refractivity contribution is 7.92. The quantitative estimate of drug-likeness (QED) is 0.710. The van der Waals surface area contributed by atoms with Crippen LogP contribution >= 0.6 is 0 Å². The first-order valence-electron chi connectivity index (χ1n) is 8.43. The number of carbonyl (C=O) groups is 1. The van der Waals surface area contributed by atoms with E-state index in [4.69, 9.17) is 4.74 Å². The maximum atomic E-state index is 13.5. The predicted octanol–water partition coefficient (Wildman–Crippen LogP) is 2.70. The van der Waals surface area contributed by atoms with E-state index in [1.54, 1.807) is 42.5 Å². The summed E-state index contributed by atoms with van der Waals surface area (Å²) in [6.07, 6.45) is 1.57. The topological polar surface area (TPSA) is 75.7 Å². The Balaban J connectivity index is 1.91. The Morgan fingerprint density at radius 1 is 1.19 bits per heavy atom. The van der Waals surface area contributed by atoms with Crippen molar-refractivity contribution in [3.8, 4) is 5.75 Å². The van der Waals surface area contributed by atoms with Crippen LogP contribution in [0, 0.1) is 5.82 Å². The Kier molecular flexibility index (Phi) is 7.18. The van der Waals surface area contributed by atoms with Crippen molar-refractivity contribution in [3.63, 3.8) is 0 Å². The first kappa shape index (κ1) is 20.7. The zero-order valence-electron chi connectivity index (χ0n) is 15.3. The van der Waals surface area contributed by atoms with Crippen molar-refractivity contribution in [2.24, 2.45) is 0 Å². The number of rotatable bonds is 9. The molecule has 6 nitrogen and oxygen atoms in total. The summed E-state index contributed by atoms with van der Waals surface area (Å²) in [5.41, 5.74) is 0.878. The Morgan fingerprint density at radius 2 is 1.93 bits per heavy atom. The molecule has 0 aliphatic carbocycles. The Labute approximate surface area is 159 Å². The second-order valence-corrected chi connectivity index (χ2v) is 7.92. The van der Waals surface area contributed by atoms with Gasteiger partial charge in [0, 0.05) is 31.1 Å². The molecule has 0 heterocycles. The molecule has 1 N–H and O–H groups in total. The Hall–Kier alpha value is -2.61. The summed E-state index contributed by atoms with van der Waals surface area (Å²) in [7, 11) is -2.00. The van der Waals surface area contributed by atoms with Gasteiger partial charge < -0.3 is 10.1 Å². The first-order chi connectivity index (χ1) is 12.8. The molecule has 0 aliphatic heterocycles. The predicted molar refractivity (Wildman–Crippen MR) is 103 cm³/mol. The number of halogens is 1. The second kappa shape index (κ2) is 9.36. The number of carbonyl (C=O) groups excluding carboxylic acids is 1. The molecule has 0 unspecified atom stereocenters. The first-order valence-corrected chi connectivity index (χ1v) is 10.3. The van der Waals surface area contributed by atoms with Crippen LogP contribution < -0.4 is 14.4 Å². The van der Waals surface area contributed by atoms with Crippen molar-refractivity contribution in [1.29, 1.82) is 0 Å². The molecule has 0 atom stereocenters. The van der Waals surface area contributed by atoms with E-state index in [-0.39, 0.29) is 31.2 Å². The lowest BCUT2D eigenvalue weighted by Gasteiger charge is -2.22. The maximum Gasteiger partial charge on any atom is 0.232 e. The molecule has 146 valence electrons. The van der Waals surface area contributed by atoms with E-state index in [9.17, 15) is 17.6 Å². The number of methoxy groups -OCH3 is 1. The molecule has 2 aromatic rings. The van der Waals surface area contributed by atoms with Gasteiger partial charge in [-0.2, -0.15) is 0 Å². The van der Waals surface area contributed by atoms with Crippen molar-refractivity contribution >= 4 is 21.6 Å². The van der Waals surface area contributed by atoms with Crippen molar-refractivity contribution in [3.05, 3.63) is 59.9 Å². The fourth-order valence-electron chi connectivity index (χ4n) is 2.56. The van der Waals surface area contributed by atoms with E-state index in [1.807, 2.05) is 0 Å². The number of nitrogens with zero attached hydrogens (tertiary/aromatic N) is 1. The molecular formula is C19H23FN2O4S. The zero-order chi connectivity index (χ0) is 19.9. The van der Waals surface area contributed by atoms with Gasteiger partial charge in [0.2, 0.25) is 15.9 Å². The highest BCUT2D eigenvalue weighted by Crippen LogP contribution is 2.23. The van der Waals surface area contributed by atoms with Crippen LogP contribution in [0.2, 0.25) is 0 Å². The highest BCUT2D eigenvalue weighted by Gasteiger charge is 2.18. The van der Waals surface area contributed by atoms with Gasteiger partial charge in [0.05, 0.1) is 19.1 Å². The molecule has 27 heavy (non-hydrogen) atoms. The number of amides is 1. The SMILES string of the molecule is COc1cccc(N(CCCC(=O)NCc2ccccc2F)S(C)(=O)=O)c1. The molecule has 0 bridgehead atoms. The van der Waals surface area contributed by atoms with Gasteiger partial charge in [-0.1, -0.05) is 24.3 Å². The molecule has 0 aromatic heterocycles. The Bertz CT molecular complexity index is 887. The van der Waals surface area contributed by atoms with Crippen LogP contribution in [0.25, 0.3) is 0 Å². The number of sulfonamides is 1. The summed E-state index contributed by atoms with van der Waals surface area (Å²) in [5.74, 6) is -0.0970. The van der Waals surface area contributed by atoms with E-state index in [1.165, 1.54) is 17.5 Å². The lowest BCUT2D eigenvalue weighted by molar-refractivity contribution is -0.121. The third kappa shape index (κ3) is 6.25. The second-order valence-electron chi connectivity index (χ2n) is 6.01. The van der Waals surface area contributed by atoms with E-state index in [0.717, 1.165) is 6.26 Å². The van der Waals surface area contributed by atoms with E-state index in [0.29, 0.717) is 23.4 Å². The van der Waals surface area contributed by atoms with Crippen LogP contribution in [-0.2, 0) is 21.4 Å². The van der Waals surface area contributed by atoms with E-state index < -0.39 is 10.0 Å².